The average molecular weight is 555 g/mol. The van der Waals surface area contributed by atoms with E-state index in [1.54, 1.807) is 18.2 Å². The van der Waals surface area contributed by atoms with E-state index in [1.165, 1.54) is 45.6 Å². The van der Waals surface area contributed by atoms with Crippen molar-refractivity contribution in [2.75, 3.05) is 12.4 Å². The van der Waals surface area contributed by atoms with Gasteiger partial charge in [-0.1, -0.05) is 115 Å². The van der Waals surface area contributed by atoms with Crippen LogP contribution in [0, 0.1) is 6.92 Å². The van der Waals surface area contributed by atoms with Gasteiger partial charge in [-0.05, 0) is 78.1 Å². The summed E-state index contributed by atoms with van der Waals surface area (Å²) in [5.41, 5.74) is 10.9. The topological polar surface area (TPSA) is 24.4 Å². The molecule has 0 spiro atoms. The van der Waals surface area contributed by atoms with Crippen LogP contribution in [-0.2, 0) is 6.54 Å². The molecule has 2 unspecified atom stereocenters. The highest BCUT2D eigenvalue weighted by Crippen LogP contribution is 2.53. The zero-order valence-electron chi connectivity index (χ0n) is 24.0. The number of allylic oxidation sites excluding steroid dienone is 5. The van der Waals surface area contributed by atoms with Gasteiger partial charge in [0.1, 0.15) is 0 Å². The number of nitrogens with zero attached hydrogens (tertiary/aromatic N) is 1. The van der Waals surface area contributed by atoms with E-state index in [9.17, 15) is 0 Å². The fourth-order valence-electron chi connectivity index (χ4n) is 5.50. The van der Waals surface area contributed by atoms with Gasteiger partial charge >= 0.3 is 0 Å². The van der Waals surface area contributed by atoms with Gasteiger partial charge < -0.3 is 10.3 Å². The van der Waals surface area contributed by atoms with Crippen LogP contribution in [0.4, 0.5) is 5.69 Å². The van der Waals surface area contributed by atoms with Gasteiger partial charge in [-0.3, -0.25) is 0 Å². The lowest BCUT2D eigenvalue weighted by atomic mass is 9.78. The highest BCUT2D eigenvalue weighted by atomic mass is 32.2. The number of aliphatic imine (C=N–C) groups is 1. The van der Waals surface area contributed by atoms with Crippen molar-refractivity contribution < 1.29 is 0 Å². The fraction of sp³-hybridized carbons (Fsp3) is 0.184. The van der Waals surface area contributed by atoms with Crippen LogP contribution in [0.2, 0.25) is 0 Å². The van der Waals surface area contributed by atoms with E-state index in [1.807, 2.05) is 30.0 Å². The van der Waals surface area contributed by atoms with Crippen LogP contribution in [0.5, 0.6) is 0 Å². The maximum atomic E-state index is 3.57. The maximum absolute atomic E-state index is 3.57. The molecule has 2 aliphatic carbocycles. The SMILES string of the molecule is C1=CC2=C(C=CC3Sc4cc(-c5cccc(NCc6ccccc6)c5)ccc4C23)CC1.C=NC.Cc1ccccc1. The monoisotopic (exact) mass is 554 g/mol. The zero-order valence-corrected chi connectivity index (χ0v) is 24.8. The number of rotatable bonds is 4. The van der Waals surface area contributed by atoms with E-state index in [0.717, 1.165) is 12.2 Å². The van der Waals surface area contributed by atoms with Crippen molar-refractivity contribution in [1.82, 2.24) is 0 Å². The van der Waals surface area contributed by atoms with Gasteiger partial charge in [-0.15, -0.1) is 11.8 Å². The van der Waals surface area contributed by atoms with Crippen LogP contribution >= 0.6 is 11.8 Å². The molecule has 1 aliphatic heterocycles. The Balaban J connectivity index is 0.000000289. The molecule has 4 aromatic carbocycles. The molecule has 1 heterocycles. The molecule has 0 radical (unpaired) electrons. The second kappa shape index (κ2) is 14.0. The zero-order chi connectivity index (χ0) is 28.4. The van der Waals surface area contributed by atoms with Crippen LogP contribution in [-0.4, -0.2) is 19.0 Å². The lowest BCUT2D eigenvalue weighted by Gasteiger charge is -2.27. The van der Waals surface area contributed by atoms with Crippen LogP contribution in [0.15, 0.2) is 148 Å². The summed E-state index contributed by atoms with van der Waals surface area (Å²) in [7, 11) is 1.64. The van der Waals surface area contributed by atoms with Crippen LogP contribution < -0.4 is 5.32 Å². The van der Waals surface area contributed by atoms with E-state index >= 15 is 0 Å². The minimum absolute atomic E-state index is 0.518. The molecule has 2 atom stereocenters. The molecule has 1 N–H and O–H groups in total. The number of anilines is 1. The van der Waals surface area contributed by atoms with Crippen molar-refractivity contribution in [2.24, 2.45) is 4.99 Å². The number of fused-ring (bicyclic) bond motifs is 4. The quantitative estimate of drug-likeness (QED) is 0.254. The molecule has 3 heteroatoms. The van der Waals surface area contributed by atoms with Crippen molar-refractivity contribution in [3.63, 3.8) is 0 Å². The molecule has 0 saturated carbocycles. The van der Waals surface area contributed by atoms with Gasteiger partial charge in [0, 0.05) is 35.3 Å². The first-order chi connectivity index (χ1) is 20.2. The van der Waals surface area contributed by atoms with Gasteiger partial charge in [0.25, 0.3) is 0 Å². The number of hydrogen-bond donors (Lipinski definition) is 1. The van der Waals surface area contributed by atoms with Gasteiger partial charge in [-0.2, -0.15) is 0 Å². The lowest BCUT2D eigenvalue weighted by molar-refractivity contribution is 0.797. The molecule has 0 saturated heterocycles. The molecule has 0 aromatic heterocycles. The van der Waals surface area contributed by atoms with E-state index in [-0.39, 0.29) is 0 Å². The molecule has 206 valence electrons. The lowest BCUT2D eigenvalue weighted by Crippen LogP contribution is -2.16. The summed E-state index contributed by atoms with van der Waals surface area (Å²) < 4.78 is 0. The van der Waals surface area contributed by atoms with Crippen molar-refractivity contribution in [1.29, 1.82) is 0 Å². The first-order valence-corrected chi connectivity index (χ1v) is 15.2. The maximum Gasteiger partial charge on any atom is 0.0400 e. The summed E-state index contributed by atoms with van der Waals surface area (Å²) in [6.07, 6.45) is 11.9. The van der Waals surface area contributed by atoms with Crippen LogP contribution in [0.1, 0.15) is 35.4 Å². The van der Waals surface area contributed by atoms with Crippen LogP contribution in [0.3, 0.4) is 0 Å². The Labute approximate surface area is 249 Å². The van der Waals surface area contributed by atoms with Crippen molar-refractivity contribution >= 4 is 24.2 Å². The summed E-state index contributed by atoms with van der Waals surface area (Å²) in [6, 6.07) is 36.7. The second-order valence-electron chi connectivity index (χ2n) is 10.5. The largest absolute Gasteiger partial charge is 0.381 e. The first-order valence-electron chi connectivity index (χ1n) is 14.3. The molecule has 2 nitrogen and oxygen atoms in total. The van der Waals surface area contributed by atoms with E-state index in [4.69, 9.17) is 0 Å². The minimum atomic E-state index is 0.518. The number of hydrogen-bond acceptors (Lipinski definition) is 3. The Kier molecular flexibility index (Phi) is 9.72. The fourth-order valence-corrected chi connectivity index (χ4v) is 6.90. The molecular formula is C38H38N2S. The summed E-state index contributed by atoms with van der Waals surface area (Å²) >= 11 is 2.03. The van der Waals surface area contributed by atoms with Crippen molar-refractivity contribution in [3.05, 3.63) is 155 Å². The van der Waals surface area contributed by atoms with Gasteiger partial charge in [0.2, 0.25) is 0 Å². The minimum Gasteiger partial charge on any atom is -0.381 e. The predicted molar refractivity (Wildman–Crippen MR) is 179 cm³/mol. The number of thioether (sulfide) groups is 1. The number of aryl methyl sites for hydroxylation is 1. The Bertz CT molecular complexity index is 1550. The summed E-state index contributed by atoms with van der Waals surface area (Å²) in [6.45, 7) is 6.03. The second-order valence-corrected chi connectivity index (χ2v) is 11.7. The standard InChI is InChI=1S/C29H25NS.C7H8.C2H5N/c1-2-7-20(8-3-1)19-30-24-11-6-10-22(17-24)23-13-15-26-28(18-23)31-27-16-14-21-9-4-5-12-25(21)29(26)27;1-7-5-3-2-4-6-7;1-3-2/h1-3,5-8,10-18,27,29-30H,4,9,19H2;2-6H,1H3;1H2,2H3. The Hall–Kier alpha value is -4.08. The summed E-state index contributed by atoms with van der Waals surface area (Å²) in [5, 5.41) is 4.10. The van der Waals surface area contributed by atoms with Gasteiger partial charge in [0.05, 0.1) is 0 Å². The van der Waals surface area contributed by atoms with Gasteiger partial charge in [-0.25, -0.2) is 0 Å². The third-order valence-corrected chi connectivity index (χ3v) is 8.80. The smallest absolute Gasteiger partial charge is 0.0400 e. The van der Waals surface area contributed by atoms with E-state index in [2.05, 4.69) is 133 Å². The normalized spacial score (nSPS) is 17.6. The summed E-state index contributed by atoms with van der Waals surface area (Å²) in [5.74, 6) is 0.518. The average Bonchev–Trinajstić information content (AvgIpc) is 3.40. The van der Waals surface area contributed by atoms with E-state index in [0.29, 0.717) is 11.2 Å². The van der Waals surface area contributed by atoms with Gasteiger partial charge in [0.15, 0.2) is 0 Å². The highest BCUT2D eigenvalue weighted by molar-refractivity contribution is 8.00. The number of benzene rings is 4. The molecule has 4 aromatic rings. The molecule has 3 aliphatic rings. The molecule has 0 amide bonds. The molecule has 0 fully saturated rings. The molecule has 7 rings (SSSR count). The highest BCUT2D eigenvalue weighted by Gasteiger charge is 2.37. The molecule has 0 bridgehead atoms. The van der Waals surface area contributed by atoms with Crippen molar-refractivity contribution in [2.45, 2.75) is 42.4 Å². The Morgan fingerprint density at radius 2 is 1.59 bits per heavy atom. The molecular weight excluding hydrogens is 516 g/mol. The number of nitrogens with one attached hydrogen (secondary N) is 1. The Morgan fingerprint density at radius 3 is 2.32 bits per heavy atom. The third kappa shape index (κ3) is 7.17. The van der Waals surface area contributed by atoms with Crippen LogP contribution in [0.25, 0.3) is 11.1 Å². The first kappa shape index (κ1) is 28.4. The van der Waals surface area contributed by atoms with E-state index < -0.39 is 0 Å². The Morgan fingerprint density at radius 1 is 0.854 bits per heavy atom. The van der Waals surface area contributed by atoms with Crippen molar-refractivity contribution in [3.8, 4) is 11.1 Å². The summed E-state index contributed by atoms with van der Waals surface area (Å²) in [4.78, 5) is 4.69. The molecule has 41 heavy (non-hydrogen) atoms. The third-order valence-electron chi connectivity index (χ3n) is 7.49. The predicted octanol–water partition coefficient (Wildman–Crippen LogP) is 10.1.